The van der Waals surface area contributed by atoms with Crippen molar-refractivity contribution in [1.29, 1.82) is 0 Å². The molecule has 24 heavy (non-hydrogen) atoms. The highest BCUT2D eigenvalue weighted by atomic mass is 32.1. The molecule has 2 aromatic carbocycles. The Hall–Kier alpha value is -2.40. The van der Waals surface area contributed by atoms with Crippen LogP contribution in [0.3, 0.4) is 0 Å². The first-order valence-corrected chi connectivity index (χ1v) is 9.05. The normalized spacial score (nSPS) is 15.4. The smallest absolute Gasteiger partial charge is 0.323 e. The molecule has 1 aliphatic rings. The van der Waals surface area contributed by atoms with Gasteiger partial charge in [0.25, 0.3) is 0 Å². The van der Waals surface area contributed by atoms with Crippen molar-refractivity contribution in [2.75, 3.05) is 13.1 Å². The summed E-state index contributed by atoms with van der Waals surface area (Å²) in [4.78, 5) is 20.5. The number of aromatic nitrogens is 1. The summed E-state index contributed by atoms with van der Waals surface area (Å²) in [6.45, 7) is 3.69. The molecule has 1 aromatic heterocycles. The number of carbonyl (C=O) groups excluding carboxylic acids is 1. The van der Waals surface area contributed by atoms with Gasteiger partial charge in [-0.05, 0) is 31.2 Å². The van der Waals surface area contributed by atoms with E-state index in [-0.39, 0.29) is 6.03 Å². The van der Waals surface area contributed by atoms with Gasteiger partial charge < -0.3 is 4.90 Å². The fourth-order valence-corrected chi connectivity index (χ4v) is 4.00. The van der Waals surface area contributed by atoms with E-state index in [4.69, 9.17) is 0 Å². The Bertz CT molecular complexity index is 959. The summed E-state index contributed by atoms with van der Waals surface area (Å²) in [5.41, 5.74) is 1.06. The van der Waals surface area contributed by atoms with E-state index >= 15 is 0 Å². The maximum atomic E-state index is 12.4. The van der Waals surface area contributed by atoms with Crippen LogP contribution in [-0.2, 0) is 0 Å². The van der Waals surface area contributed by atoms with Crippen LogP contribution in [0.2, 0.25) is 0 Å². The first-order valence-electron chi connectivity index (χ1n) is 8.23. The highest BCUT2D eigenvalue weighted by molar-refractivity contribution is 7.09. The van der Waals surface area contributed by atoms with Crippen LogP contribution in [0.4, 0.5) is 4.79 Å². The minimum Gasteiger partial charge on any atom is -0.323 e. The molecule has 1 fully saturated rings. The predicted octanol–water partition coefficient (Wildman–Crippen LogP) is 4.12. The molecule has 2 heterocycles. The number of amides is 2. The number of carbonyl (C=O) groups is 1. The molecule has 0 aliphatic carbocycles. The summed E-state index contributed by atoms with van der Waals surface area (Å²) < 4.78 is 2.04. The third-order valence-electron chi connectivity index (χ3n) is 4.36. The Labute approximate surface area is 144 Å². The van der Waals surface area contributed by atoms with E-state index in [1.165, 1.54) is 5.39 Å². The lowest BCUT2D eigenvalue weighted by Gasteiger charge is -2.11. The van der Waals surface area contributed by atoms with E-state index in [0.717, 1.165) is 46.7 Å². The number of likely N-dealkylation sites (tertiary alicyclic amines) is 1. The number of hydrogen-bond donors (Lipinski definition) is 0. The van der Waals surface area contributed by atoms with Gasteiger partial charge in [0, 0.05) is 29.5 Å². The molecular weight excluding hydrogens is 318 g/mol. The second-order valence-electron chi connectivity index (χ2n) is 6.08. The van der Waals surface area contributed by atoms with Crippen molar-refractivity contribution in [2.45, 2.75) is 19.8 Å². The van der Waals surface area contributed by atoms with Gasteiger partial charge in [-0.2, -0.15) is 4.99 Å². The van der Waals surface area contributed by atoms with Gasteiger partial charge in [-0.25, -0.2) is 4.79 Å². The molecule has 5 heteroatoms. The van der Waals surface area contributed by atoms with Crippen molar-refractivity contribution < 1.29 is 4.79 Å². The number of thiazole rings is 1. The van der Waals surface area contributed by atoms with Gasteiger partial charge in [-0.15, -0.1) is 11.3 Å². The first kappa shape index (κ1) is 15.1. The summed E-state index contributed by atoms with van der Waals surface area (Å²) in [5.74, 6) is 0. The zero-order valence-corrected chi connectivity index (χ0v) is 14.4. The topological polar surface area (TPSA) is 37.6 Å². The van der Waals surface area contributed by atoms with E-state index < -0.39 is 0 Å². The number of benzene rings is 2. The zero-order chi connectivity index (χ0) is 16.5. The average molecular weight is 337 g/mol. The number of hydrogen-bond acceptors (Lipinski definition) is 2. The number of urea groups is 1. The lowest BCUT2D eigenvalue weighted by Crippen LogP contribution is -2.27. The van der Waals surface area contributed by atoms with Crippen LogP contribution in [0.5, 0.6) is 0 Å². The van der Waals surface area contributed by atoms with Crippen molar-refractivity contribution in [3.63, 3.8) is 0 Å². The molecule has 0 bridgehead atoms. The number of aryl methyl sites for hydroxylation is 1. The molecule has 4 rings (SSSR count). The van der Waals surface area contributed by atoms with Gasteiger partial charge in [0.2, 0.25) is 0 Å². The van der Waals surface area contributed by atoms with Crippen molar-refractivity contribution in [3.8, 4) is 5.69 Å². The Balaban J connectivity index is 1.85. The van der Waals surface area contributed by atoms with Crippen LogP contribution < -0.4 is 4.80 Å². The van der Waals surface area contributed by atoms with Gasteiger partial charge >= 0.3 is 6.03 Å². The summed E-state index contributed by atoms with van der Waals surface area (Å²) in [6, 6.07) is 14.4. The Morgan fingerprint density at radius 2 is 1.83 bits per heavy atom. The number of fused-ring (bicyclic) bond motifs is 1. The molecule has 1 aliphatic heterocycles. The highest BCUT2D eigenvalue weighted by Gasteiger charge is 2.17. The maximum absolute atomic E-state index is 12.4. The Morgan fingerprint density at radius 1 is 1.08 bits per heavy atom. The Morgan fingerprint density at radius 3 is 2.67 bits per heavy atom. The third kappa shape index (κ3) is 2.76. The monoisotopic (exact) mass is 337 g/mol. The number of nitrogens with zero attached hydrogens (tertiary/aromatic N) is 3. The van der Waals surface area contributed by atoms with Crippen molar-refractivity contribution in [3.05, 3.63) is 58.3 Å². The quantitative estimate of drug-likeness (QED) is 0.658. The summed E-state index contributed by atoms with van der Waals surface area (Å²) in [7, 11) is 0. The van der Waals surface area contributed by atoms with E-state index in [1.807, 2.05) is 34.6 Å². The fourth-order valence-electron chi connectivity index (χ4n) is 3.19. The number of rotatable bonds is 1. The maximum Gasteiger partial charge on any atom is 0.346 e. The molecule has 3 aromatic rings. The van der Waals surface area contributed by atoms with Crippen LogP contribution in [0.15, 0.2) is 53.7 Å². The van der Waals surface area contributed by atoms with Gasteiger partial charge in [-0.3, -0.25) is 4.57 Å². The van der Waals surface area contributed by atoms with Gasteiger partial charge in [0.05, 0.1) is 5.69 Å². The second-order valence-corrected chi connectivity index (χ2v) is 7.29. The molecule has 0 radical (unpaired) electrons. The molecule has 0 atom stereocenters. The zero-order valence-electron chi connectivity index (χ0n) is 13.6. The molecule has 0 saturated carbocycles. The van der Waals surface area contributed by atoms with E-state index in [1.54, 1.807) is 11.3 Å². The largest absolute Gasteiger partial charge is 0.346 e. The minimum absolute atomic E-state index is 0.122. The SMILES string of the molecule is Cc1cn(-c2cccc3ccccc23)/c(=N/C(=O)N2CCCC2)s1. The van der Waals surface area contributed by atoms with Gasteiger partial charge in [0.15, 0.2) is 4.80 Å². The van der Waals surface area contributed by atoms with Crippen molar-refractivity contribution in [1.82, 2.24) is 9.47 Å². The predicted molar refractivity (Wildman–Crippen MR) is 97.7 cm³/mol. The molecule has 122 valence electrons. The summed E-state index contributed by atoms with van der Waals surface area (Å²) >= 11 is 1.55. The molecule has 0 unspecified atom stereocenters. The molecule has 2 amide bonds. The summed E-state index contributed by atoms with van der Waals surface area (Å²) in [6.07, 6.45) is 4.21. The first-order chi connectivity index (χ1) is 11.7. The van der Waals surface area contributed by atoms with Crippen LogP contribution in [0.1, 0.15) is 17.7 Å². The van der Waals surface area contributed by atoms with Crippen LogP contribution in [0, 0.1) is 6.92 Å². The van der Waals surface area contributed by atoms with E-state index in [9.17, 15) is 4.79 Å². The van der Waals surface area contributed by atoms with Crippen LogP contribution in [-0.4, -0.2) is 28.6 Å². The van der Waals surface area contributed by atoms with E-state index in [2.05, 4.69) is 35.5 Å². The summed E-state index contributed by atoms with van der Waals surface area (Å²) in [5, 5.41) is 2.34. The highest BCUT2D eigenvalue weighted by Crippen LogP contribution is 2.22. The fraction of sp³-hybridized carbons (Fsp3) is 0.263. The van der Waals surface area contributed by atoms with Gasteiger partial charge in [-0.1, -0.05) is 36.4 Å². The molecular formula is C19H19N3OS. The van der Waals surface area contributed by atoms with Crippen LogP contribution >= 0.6 is 11.3 Å². The average Bonchev–Trinajstić information content (AvgIpc) is 3.24. The van der Waals surface area contributed by atoms with E-state index in [0.29, 0.717) is 0 Å². The van der Waals surface area contributed by atoms with Crippen molar-refractivity contribution in [2.24, 2.45) is 4.99 Å². The van der Waals surface area contributed by atoms with Crippen LogP contribution in [0.25, 0.3) is 16.5 Å². The minimum atomic E-state index is -0.122. The van der Waals surface area contributed by atoms with Crippen molar-refractivity contribution >= 4 is 28.1 Å². The molecule has 4 nitrogen and oxygen atoms in total. The molecule has 0 spiro atoms. The standard InChI is InChI=1S/C19H19N3OS/c1-14-13-22(17-10-6-8-15-7-2-3-9-16(15)17)19(24-14)20-18(23)21-11-4-5-12-21/h2-3,6-10,13H,4-5,11-12H2,1H3/b20-19-. The molecule has 0 N–H and O–H groups in total. The molecule has 1 saturated heterocycles. The lowest BCUT2D eigenvalue weighted by molar-refractivity contribution is 0.218. The lowest BCUT2D eigenvalue weighted by atomic mass is 10.1. The second kappa shape index (κ2) is 6.24. The third-order valence-corrected chi connectivity index (χ3v) is 5.26. The van der Waals surface area contributed by atoms with Gasteiger partial charge in [0.1, 0.15) is 0 Å². The Kier molecular flexibility index (Phi) is 3.94.